The molecule has 1 heterocycles. The highest BCUT2D eigenvalue weighted by Crippen LogP contribution is 2.23. The summed E-state index contributed by atoms with van der Waals surface area (Å²) >= 11 is 0. The highest BCUT2D eigenvalue weighted by molar-refractivity contribution is 5.82. The molecule has 3 aromatic rings. The molecule has 1 aromatic heterocycles. The van der Waals surface area contributed by atoms with Crippen molar-refractivity contribution in [2.45, 2.75) is 20.1 Å². The highest BCUT2D eigenvalue weighted by atomic mass is 16.5. The summed E-state index contributed by atoms with van der Waals surface area (Å²) in [5.41, 5.74) is 10.4. The zero-order valence-corrected chi connectivity index (χ0v) is 12.5. The number of aromatic nitrogens is 1. The molecule has 0 spiro atoms. The molecule has 2 N–H and O–H groups in total. The number of benzene rings is 2. The van der Waals surface area contributed by atoms with Gasteiger partial charge < -0.3 is 15.0 Å². The number of fused-ring (bicyclic) bond motifs is 1. The van der Waals surface area contributed by atoms with Crippen molar-refractivity contribution in [2.24, 2.45) is 12.8 Å². The van der Waals surface area contributed by atoms with Gasteiger partial charge in [-0.05, 0) is 42.3 Å². The minimum Gasteiger partial charge on any atom is -0.487 e. The summed E-state index contributed by atoms with van der Waals surface area (Å²) < 4.78 is 8.12. The fraction of sp³-hybridized carbons (Fsp3) is 0.222. The Bertz CT molecular complexity index is 774. The van der Waals surface area contributed by atoms with Gasteiger partial charge in [0.15, 0.2) is 0 Å². The van der Waals surface area contributed by atoms with Crippen LogP contribution in [-0.2, 0) is 20.2 Å². The number of para-hydroxylation sites is 1. The molecule has 0 radical (unpaired) electrons. The number of aryl methyl sites for hydroxylation is 2. The first-order valence-electron chi connectivity index (χ1n) is 7.15. The summed E-state index contributed by atoms with van der Waals surface area (Å²) in [6, 6.07) is 16.6. The van der Waals surface area contributed by atoms with Gasteiger partial charge in [0.05, 0.1) is 5.69 Å². The minimum absolute atomic E-state index is 0.563. The molecule has 0 saturated carbocycles. The van der Waals surface area contributed by atoms with Crippen LogP contribution in [0.3, 0.4) is 0 Å². The van der Waals surface area contributed by atoms with Gasteiger partial charge in [-0.3, -0.25) is 0 Å². The fourth-order valence-corrected chi connectivity index (χ4v) is 2.59. The molecule has 0 bridgehead atoms. The lowest BCUT2D eigenvalue weighted by Crippen LogP contribution is -2.02. The van der Waals surface area contributed by atoms with Crippen LogP contribution >= 0.6 is 0 Å². The first-order valence-corrected chi connectivity index (χ1v) is 7.15. The summed E-state index contributed by atoms with van der Waals surface area (Å²) in [5, 5.41) is 1.21. The molecule has 0 saturated heterocycles. The Hall–Kier alpha value is -2.26. The van der Waals surface area contributed by atoms with Gasteiger partial charge >= 0.3 is 0 Å². The summed E-state index contributed by atoms with van der Waals surface area (Å²) in [6.45, 7) is 3.19. The van der Waals surface area contributed by atoms with E-state index >= 15 is 0 Å². The van der Waals surface area contributed by atoms with Gasteiger partial charge in [-0.2, -0.15) is 0 Å². The summed E-state index contributed by atoms with van der Waals surface area (Å²) in [5.74, 6) is 0.936. The molecule has 21 heavy (non-hydrogen) atoms. The normalized spacial score (nSPS) is 11.0. The topological polar surface area (TPSA) is 40.2 Å². The molecule has 0 aliphatic rings. The van der Waals surface area contributed by atoms with Gasteiger partial charge in [0, 0.05) is 24.5 Å². The van der Waals surface area contributed by atoms with Gasteiger partial charge in [-0.15, -0.1) is 0 Å². The largest absolute Gasteiger partial charge is 0.487 e. The summed E-state index contributed by atoms with van der Waals surface area (Å²) in [4.78, 5) is 0. The zero-order chi connectivity index (χ0) is 14.8. The van der Waals surface area contributed by atoms with Crippen LogP contribution in [0.1, 0.15) is 16.8 Å². The third kappa shape index (κ3) is 2.65. The Labute approximate surface area is 125 Å². The number of hydrogen-bond donors (Lipinski definition) is 1. The molecule has 0 atom stereocenters. The monoisotopic (exact) mass is 280 g/mol. The van der Waals surface area contributed by atoms with Crippen molar-refractivity contribution in [3.63, 3.8) is 0 Å². The first kappa shape index (κ1) is 13.7. The number of nitrogens with two attached hydrogens (primary N) is 1. The van der Waals surface area contributed by atoms with Gasteiger partial charge in [0.1, 0.15) is 12.4 Å². The average Bonchev–Trinajstić information content (AvgIpc) is 2.82. The molecule has 0 unspecified atom stereocenters. The fourth-order valence-electron chi connectivity index (χ4n) is 2.59. The maximum atomic E-state index is 5.94. The van der Waals surface area contributed by atoms with Crippen LogP contribution in [0, 0.1) is 6.92 Å². The SMILES string of the molecule is Cc1ccccc1OCc1cc2cc(CN)ccc2n1C. The Morgan fingerprint density at radius 1 is 1.10 bits per heavy atom. The molecule has 3 nitrogen and oxygen atoms in total. The lowest BCUT2D eigenvalue weighted by atomic mass is 10.1. The van der Waals surface area contributed by atoms with Gasteiger partial charge in [0.2, 0.25) is 0 Å². The first-order chi connectivity index (χ1) is 10.2. The van der Waals surface area contributed by atoms with E-state index in [9.17, 15) is 0 Å². The van der Waals surface area contributed by atoms with Crippen molar-refractivity contribution in [3.05, 3.63) is 65.4 Å². The molecule has 0 fully saturated rings. The number of hydrogen-bond acceptors (Lipinski definition) is 2. The molecule has 0 amide bonds. The molecular formula is C18H20N2O. The van der Waals surface area contributed by atoms with Crippen molar-refractivity contribution in [1.82, 2.24) is 4.57 Å². The molecule has 2 aromatic carbocycles. The van der Waals surface area contributed by atoms with Crippen LogP contribution in [0.2, 0.25) is 0 Å². The van der Waals surface area contributed by atoms with Crippen LogP contribution in [-0.4, -0.2) is 4.57 Å². The minimum atomic E-state index is 0.563. The lowest BCUT2D eigenvalue weighted by Gasteiger charge is -2.09. The Morgan fingerprint density at radius 2 is 1.90 bits per heavy atom. The van der Waals surface area contributed by atoms with Gasteiger partial charge in [-0.25, -0.2) is 0 Å². The molecular weight excluding hydrogens is 260 g/mol. The Balaban J connectivity index is 1.87. The van der Waals surface area contributed by atoms with Crippen LogP contribution < -0.4 is 10.5 Å². The number of nitrogens with zero attached hydrogens (tertiary/aromatic N) is 1. The van der Waals surface area contributed by atoms with Crippen LogP contribution in [0.15, 0.2) is 48.5 Å². The second kappa shape index (κ2) is 5.62. The Morgan fingerprint density at radius 3 is 2.67 bits per heavy atom. The Kier molecular flexibility index (Phi) is 3.67. The van der Waals surface area contributed by atoms with Crippen LogP contribution in [0.5, 0.6) is 5.75 Å². The molecule has 108 valence electrons. The van der Waals surface area contributed by atoms with E-state index in [4.69, 9.17) is 10.5 Å². The smallest absolute Gasteiger partial charge is 0.128 e. The van der Waals surface area contributed by atoms with E-state index in [2.05, 4.69) is 48.9 Å². The highest BCUT2D eigenvalue weighted by Gasteiger charge is 2.07. The zero-order valence-electron chi connectivity index (χ0n) is 12.5. The summed E-state index contributed by atoms with van der Waals surface area (Å²) in [6.07, 6.45) is 0. The van der Waals surface area contributed by atoms with E-state index in [1.165, 1.54) is 10.9 Å². The predicted molar refractivity (Wildman–Crippen MR) is 86.3 cm³/mol. The number of rotatable bonds is 4. The second-order valence-electron chi connectivity index (χ2n) is 5.35. The van der Waals surface area contributed by atoms with Crippen LogP contribution in [0.25, 0.3) is 10.9 Å². The van der Waals surface area contributed by atoms with Crippen molar-refractivity contribution in [3.8, 4) is 5.75 Å². The van der Waals surface area contributed by atoms with Crippen molar-refractivity contribution >= 4 is 10.9 Å². The van der Waals surface area contributed by atoms with E-state index in [1.54, 1.807) is 0 Å². The van der Waals surface area contributed by atoms with E-state index in [1.807, 2.05) is 18.2 Å². The molecule has 3 rings (SSSR count). The van der Waals surface area contributed by atoms with Crippen LogP contribution in [0.4, 0.5) is 0 Å². The van der Waals surface area contributed by atoms with Gasteiger partial charge in [-0.1, -0.05) is 24.3 Å². The summed E-state index contributed by atoms with van der Waals surface area (Å²) in [7, 11) is 2.07. The maximum Gasteiger partial charge on any atom is 0.128 e. The standard InChI is InChI=1S/C18H20N2O/c1-13-5-3-4-6-18(13)21-12-16-10-15-9-14(11-19)7-8-17(15)20(16)2/h3-10H,11-12,19H2,1-2H3. The second-order valence-corrected chi connectivity index (χ2v) is 5.35. The van der Waals surface area contributed by atoms with E-state index < -0.39 is 0 Å². The van der Waals surface area contributed by atoms with Gasteiger partial charge in [0.25, 0.3) is 0 Å². The van der Waals surface area contributed by atoms with E-state index in [0.29, 0.717) is 13.2 Å². The predicted octanol–water partition coefficient (Wildman–Crippen LogP) is 3.52. The van der Waals surface area contributed by atoms with Crippen molar-refractivity contribution in [1.29, 1.82) is 0 Å². The molecule has 0 aliphatic carbocycles. The third-order valence-corrected chi connectivity index (χ3v) is 3.91. The quantitative estimate of drug-likeness (QED) is 0.794. The average molecular weight is 280 g/mol. The molecule has 0 aliphatic heterocycles. The lowest BCUT2D eigenvalue weighted by molar-refractivity contribution is 0.296. The third-order valence-electron chi connectivity index (χ3n) is 3.91. The van der Waals surface area contributed by atoms with E-state index in [0.717, 1.165) is 22.6 Å². The van der Waals surface area contributed by atoms with E-state index in [-0.39, 0.29) is 0 Å². The van der Waals surface area contributed by atoms with Crippen molar-refractivity contribution in [2.75, 3.05) is 0 Å². The maximum absolute atomic E-state index is 5.94. The molecule has 3 heteroatoms. The van der Waals surface area contributed by atoms with Crippen molar-refractivity contribution < 1.29 is 4.74 Å². The number of ether oxygens (including phenoxy) is 1.